The lowest BCUT2D eigenvalue weighted by Crippen LogP contribution is -2.22. The minimum atomic E-state index is -0.352. The summed E-state index contributed by atoms with van der Waals surface area (Å²) in [5.41, 5.74) is 0.739. The molecule has 1 aromatic heterocycles. The number of benzene rings is 1. The number of rotatable bonds is 6. The summed E-state index contributed by atoms with van der Waals surface area (Å²) in [5, 5.41) is 3.43. The Morgan fingerprint density at radius 3 is 2.75 bits per heavy atom. The highest BCUT2D eigenvalue weighted by atomic mass is 35.5. The van der Waals surface area contributed by atoms with E-state index in [4.69, 9.17) is 23.2 Å². The summed E-state index contributed by atoms with van der Waals surface area (Å²) in [5.74, 6) is 0.909. The molecule has 2 rings (SSSR count). The lowest BCUT2D eigenvalue weighted by Gasteiger charge is -2.18. The summed E-state index contributed by atoms with van der Waals surface area (Å²) in [6.45, 7) is 4.76. The van der Waals surface area contributed by atoms with Gasteiger partial charge in [0, 0.05) is 19.7 Å². The molecule has 1 aromatic carbocycles. The molecule has 0 atom stereocenters. The molecule has 24 heavy (non-hydrogen) atoms. The minimum absolute atomic E-state index is 0.289. The van der Waals surface area contributed by atoms with Crippen molar-refractivity contribution in [1.82, 2.24) is 9.97 Å². The summed E-state index contributed by atoms with van der Waals surface area (Å²) in [7, 11) is 1.95. The van der Waals surface area contributed by atoms with Crippen LogP contribution in [-0.2, 0) is 0 Å². The smallest absolute Gasteiger partial charge is 0.274 e. The van der Waals surface area contributed by atoms with Crippen LogP contribution in [0.1, 0.15) is 36.1 Å². The topological polar surface area (TPSA) is 58.1 Å². The Labute approximate surface area is 152 Å². The molecule has 0 aliphatic rings. The maximum Gasteiger partial charge on any atom is 0.274 e. The Bertz CT molecular complexity index is 737. The number of nitrogens with one attached hydrogen (secondary N) is 1. The van der Waals surface area contributed by atoms with Crippen LogP contribution in [0.15, 0.2) is 24.3 Å². The van der Waals surface area contributed by atoms with Crippen molar-refractivity contribution in [2.45, 2.75) is 26.7 Å². The first-order valence-electron chi connectivity index (χ1n) is 7.74. The number of halogens is 2. The van der Waals surface area contributed by atoms with Gasteiger partial charge in [0.05, 0.1) is 15.7 Å². The minimum Gasteiger partial charge on any atom is -0.360 e. The Kier molecular flexibility index (Phi) is 6.40. The number of anilines is 2. The number of carbonyl (C=O) groups is 1. The van der Waals surface area contributed by atoms with Gasteiger partial charge in [0.15, 0.2) is 0 Å². The van der Waals surface area contributed by atoms with E-state index in [1.807, 2.05) is 11.9 Å². The Morgan fingerprint density at radius 2 is 2.04 bits per heavy atom. The molecule has 1 amide bonds. The van der Waals surface area contributed by atoms with Crippen LogP contribution in [0.3, 0.4) is 0 Å². The van der Waals surface area contributed by atoms with Crippen molar-refractivity contribution in [3.63, 3.8) is 0 Å². The van der Waals surface area contributed by atoms with Gasteiger partial charge in [-0.3, -0.25) is 4.79 Å². The molecule has 0 bridgehead atoms. The first-order chi connectivity index (χ1) is 11.4. The standard InChI is InChI=1S/C17H20Cl2N4O/c1-4-5-9-23(3)15-10-14(20-11(2)21-15)17(24)22-13-8-6-7-12(18)16(13)19/h6-8,10H,4-5,9H2,1-3H3,(H,22,24). The van der Waals surface area contributed by atoms with Gasteiger partial charge in [-0.2, -0.15) is 0 Å². The van der Waals surface area contributed by atoms with E-state index < -0.39 is 0 Å². The molecule has 0 aliphatic carbocycles. The predicted molar refractivity (Wildman–Crippen MR) is 99.4 cm³/mol. The fourth-order valence-corrected chi connectivity index (χ4v) is 2.51. The lowest BCUT2D eigenvalue weighted by molar-refractivity contribution is 0.102. The van der Waals surface area contributed by atoms with Gasteiger partial charge in [-0.15, -0.1) is 0 Å². The fourth-order valence-electron chi connectivity index (χ4n) is 2.16. The molecular formula is C17H20Cl2N4O. The third kappa shape index (κ3) is 4.58. The summed E-state index contributed by atoms with van der Waals surface area (Å²) in [6, 6.07) is 6.75. The monoisotopic (exact) mass is 366 g/mol. The quantitative estimate of drug-likeness (QED) is 0.812. The molecule has 1 N–H and O–H groups in total. The third-order valence-electron chi connectivity index (χ3n) is 3.50. The highest BCUT2D eigenvalue weighted by Crippen LogP contribution is 2.29. The van der Waals surface area contributed by atoms with E-state index >= 15 is 0 Å². The molecule has 7 heteroatoms. The highest BCUT2D eigenvalue weighted by molar-refractivity contribution is 6.44. The zero-order valence-corrected chi connectivity index (χ0v) is 15.4. The van der Waals surface area contributed by atoms with Crippen LogP contribution in [0.2, 0.25) is 10.0 Å². The van der Waals surface area contributed by atoms with Gasteiger partial charge in [-0.05, 0) is 25.5 Å². The first-order valence-corrected chi connectivity index (χ1v) is 8.50. The van der Waals surface area contributed by atoms with E-state index in [0.717, 1.165) is 25.2 Å². The predicted octanol–water partition coefficient (Wildman–Crippen LogP) is 4.58. The van der Waals surface area contributed by atoms with Crippen molar-refractivity contribution in [3.8, 4) is 0 Å². The van der Waals surface area contributed by atoms with Crippen molar-refractivity contribution in [1.29, 1.82) is 0 Å². The van der Waals surface area contributed by atoms with E-state index in [0.29, 0.717) is 21.6 Å². The van der Waals surface area contributed by atoms with E-state index in [1.54, 1.807) is 31.2 Å². The normalized spacial score (nSPS) is 10.5. The van der Waals surface area contributed by atoms with E-state index in [2.05, 4.69) is 22.2 Å². The van der Waals surface area contributed by atoms with E-state index in [-0.39, 0.29) is 11.6 Å². The average Bonchev–Trinajstić information content (AvgIpc) is 2.56. The third-order valence-corrected chi connectivity index (χ3v) is 4.31. The zero-order valence-electron chi connectivity index (χ0n) is 13.9. The number of hydrogen-bond acceptors (Lipinski definition) is 4. The Morgan fingerprint density at radius 1 is 1.29 bits per heavy atom. The van der Waals surface area contributed by atoms with Crippen molar-refractivity contribution >= 4 is 40.6 Å². The molecule has 0 saturated carbocycles. The second-order valence-electron chi connectivity index (χ2n) is 5.49. The molecule has 0 fully saturated rings. The van der Waals surface area contributed by atoms with Gasteiger partial charge in [0.1, 0.15) is 17.3 Å². The van der Waals surface area contributed by atoms with Crippen LogP contribution < -0.4 is 10.2 Å². The van der Waals surface area contributed by atoms with Crippen LogP contribution >= 0.6 is 23.2 Å². The van der Waals surface area contributed by atoms with Crippen LogP contribution in [-0.4, -0.2) is 29.5 Å². The van der Waals surface area contributed by atoms with E-state index in [9.17, 15) is 4.79 Å². The largest absolute Gasteiger partial charge is 0.360 e. The molecule has 128 valence electrons. The summed E-state index contributed by atoms with van der Waals surface area (Å²) in [4.78, 5) is 23.1. The van der Waals surface area contributed by atoms with E-state index in [1.165, 1.54) is 0 Å². The zero-order chi connectivity index (χ0) is 17.7. The number of amides is 1. The molecule has 5 nitrogen and oxygen atoms in total. The number of hydrogen-bond donors (Lipinski definition) is 1. The van der Waals surface area contributed by atoms with Crippen molar-refractivity contribution in [2.75, 3.05) is 23.8 Å². The molecule has 2 aromatic rings. The summed E-state index contributed by atoms with van der Waals surface area (Å²) >= 11 is 12.1. The van der Waals surface area contributed by atoms with Gasteiger partial charge >= 0.3 is 0 Å². The highest BCUT2D eigenvalue weighted by Gasteiger charge is 2.15. The Hall–Kier alpha value is -1.85. The number of aromatic nitrogens is 2. The summed E-state index contributed by atoms with van der Waals surface area (Å²) < 4.78 is 0. The second kappa shape index (κ2) is 8.31. The molecular weight excluding hydrogens is 347 g/mol. The fraction of sp³-hybridized carbons (Fsp3) is 0.353. The molecule has 0 saturated heterocycles. The maximum absolute atomic E-state index is 12.5. The Balaban J connectivity index is 2.23. The van der Waals surface area contributed by atoms with Gasteiger partial charge in [-0.25, -0.2) is 9.97 Å². The van der Waals surface area contributed by atoms with Crippen LogP contribution in [0, 0.1) is 6.92 Å². The van der Waals surface area contributed by atoms with Gasteiger partial charge in [-0.1, -0.05) is 42.6 Å². The SMILES string of the molecule is CCCCN(C)c1cc(C(=O)Nc2cccc(Cl)c2Cl)nc(C)n1. The number of unbranched alkanes of at least 4 members (excludes halogenated alkanes) is 1. The van der Waals surface area contributed by atoms with Gasteiger partial charge in [0.2, 0.25) is 0 Å². The molecule has 0 aliphatic heterocycles. The van der Waals surface area contributed by atoms with Gasteiger partial charge in [0.25, 0.3) is 5.91 Å². The second-order valence-corrected chi connectivity index (χ2v) is 6.27. The van der Waals surface area contributed by atoms with Gasteiger partial charge < -0.3 is 10.2 Å². The molecule has 0 radical (unpaired) electrons. The van der Waals surface area contributed by atoms with Crippen LogP contribution in [0.5, 0.6) is 0 Å². The number of carbonyl (C=O) groups excluding carboxylic acids is 1. The lowest BCUT2D eigenvalue weighted by atomic mass is 10.2. The molecule has 1 heterocycles. The van der Waals surface area contributed by atoms with Crippen LogP contribution in [0.25, 0.3) is 0 Å². The first kappa shape index (κ1) is 18.5. The van der Waals surface area contributed by atoms with Crippen molar-refractivity contribution in [3.05, 3.63) is 45.8 Å². The summed E-state index contributed by atoms with van der Waals surface area (Å²) in [6.07, 6.45) is 2.15. The number of aryl methyl sites for hydroxylation is 1. The number of nitrogens with zero attached hydrogens (tertiary/aromatic N) is 3. The maximum atomic E-state index is 12.5. The average molecular weight is 367 g/mol. The molecule has 0 unspecified atom stereocenters. The van der Waals surface area contributed by atoms with Crippen LogP contribution in [0.4, 0.5) is 11.5 Å². The molecule has 0 spiro atoms. The van der Waals surface area contributed by atoms with Crippen molar-refractivity contribution in [2.24, 2.45) is 0 Å². The van der Waals surface area contributed by atoms with Crippen molar-refractivity contribution < 1.29 is 4.79 Å².